The summed E-state index contributed by atoms with van der Waals surface area (Å²) in [6.07, 6.45) is 3.45. The number of likely N-dealkylation sites (tertiary alicyclic amines) is 1. The van der Waals surface area contributed by atoms with E-state index in [9.17, 15) is 8.42 Å². The highest BCUT2D eigenvalue weighted by Gasteiger charge is 2.27. The number of hydrogen-bond donors (Lipinski definition) is 1. The first-order chi connectivity index (χ1) is 11.5. The Morgan fingerprint density at radius 1 is 1.21 bits per heavy atom. The van der Waals surface area contributed by atoms with E-state index in [1.165, 1.54) is 11.1 Å². The van der Waals surface area contributed by atoms with Crippen LogP contribution in [-0.4, -0.2) is 50.9 Å². The molecular weight excluding hydrogens is 324 g/mol. The van der Waals surface area contributed by atoms with E-state index >= 15 is 0 Å². The summed E-state index contributed by atoms with van der Waals surface area (Å²) in [5.41, 5.74) is 2.67. The Morgan fingerprint density at radius 2 is 1.96 bits per heavy atom. The van der Waals surface area contributed by atoms with Crippen LogP contribution in [0.5, 0.6) is 0 Å². The van der Waals surface area contributed by atoms with Gasteiger partial charge >= 0.3 is 0 Å². The highest BCUT2D eigenvalue weighted by molar-refractivity contribution is 7.89. The van der Waals surface area contributed by atoms with Crippen molar-refractivity contribution in [1.82, 2.24) is 9.62 Å². The van der Waals surface area contributed by atoms with Crippen molar-refractivity contribution in [1.29, 1.82) is 0 Å². The number of ether oxygens (including phenoxy) is 1. The molecule has 3 rings (SSSR count). The summed E-state index contributed by atoms with van der Waals surface area (Å²) in [5.74, 6) is 0.108. The van der Waals surface area contributed by atoms with Gasteiger partial charge < -0.3 is 4.74 Å². The second-order valence-electron chi connectivity index (χ2n) is 7.01. The van der Waals surface area contributed by atoms with Crippen molar-refractivity contribution in [3.8, 4) is 0 Å². The van der Waals surface area contributed by atoms with Gasteiger partial charge in [0.05, 0.1) is 11.9 Å². The van der Waals surface area contributed by atoms with Gasteiger partial charge in [0.25, 0.3) is 0 Å². The third kappa shape index (κ3) is 5.02. The van der Waals surface area contributed by atoms with Crippen LogP contribution in [0.25, 0.3) is 0 Å². The SMILES string of the molecule is Cc1ccccc1CN1CCC(NS(=O)(=O)CC2CCCO2)CC1. The van der Waals surface area contributed by atoms with Crippen LogP contribution in [0.4, 0.5) is 0 Å². The van der Waals surface area contributed by atoms with Crippen LogP contribution in [0, 0.1) is 6.92 Å². The second-order valence-corrected chi connectivity index (χ2v) is 8.81. The van der Waals surface area contributed by atoms with Gasteiger partial charge in [0.1, 0.15) is 0 Å². The van der Waals surface area contributed by atoms with Gasteiger partial charge in [-0.3, -0.25) is 4.90 Å². The Hall–Kier alpha value is -0.950. The molecule has 2 saturated heterocycles. The average Bonchev–Trinajstić information content (AvgIpc) is 3.03. The van der Waals surface area contributed by atoms with E-state index in [0.29, 0.717) is 6.61 Å². The molecule has 2 heterocycles. The van der Waals surface area contributed by atoms with E-state index in [1.54, 1.807) is 0 Å². The van der Waals surface area contributed by atoms with E-state index in [0.717, 1.165) is 45.3 Å². The van der Waals surface area contributed by atoms with E-state index in [4.69, 9.17) is 4.74 Å². The molecule has 0 aromatic heterocycles. The van der Waals surface area contributed by atoms with Crippen LogP contribution in [0.3, 0.4) is 0 Å². The molecule has 0 saturated carbocycles. The fraction of sp³-hybridized carbons (Fsp3) is 0.667. The number of rotatable bonds is 6. The smallest absolute Gasteiger partial charge is 0.214 e. The molecule has 2 fully saturated rings. The zero-order valence-corrected chi connectivity index (χ0v) is 15.2. The Labute approximate surface area is 145 Å². The van der Waals surface area contributed by atoms with Crippen LogP contribution >= 0.6 is 0 Å². The molecule has 2 aliphatic heterocycles. The van der Waals surface area contributed by atoms with Gasteiger partial charge in [-0.2, -0.15) is 0 Å². The molecule has 0 bridgehead atoms. The van der Waals surface area contributed by atoms with Gasteiger partial charge in [0.2, 0.25) is 10.0 Å². The van der Waals surface area contributed by atoms with E-state index in [2.05, 4.69) is 40.8 Å². The maximum Gasteiger partial charge on any atom is 0.214 e. The monoisotopic (exact) mass is 352 g/mol. The lowest BCUT2D eigenvalue weighted by Crippen LogP contribution is -2.46. The fourth-order valence-electron chi connectivity index (χ4n) is 3.56. The van der Waals surface area contributed by atoms with Crippen LogP contribution in [-0.2, 0) is 21.3 Å². The molecule has 0 aliphatic carbocycles. The summed E-state index contributed by atoms with van der Waals surface area (Å²) in [6, 6.07) is 8.51. The minimum Gasteiger partial charge on any atom is -0.377 e. The number of benzene rings is 1. The summed E-state index contributed by atoms with van der Waals surface area (Å²) in [7, 11) is -3.24. The quantitative estimate of drug-likeness (QED) is 0.851. The Morgan fingerprint density at radius 3 is 2.62 bits per heavy atom. The predicted octanol–water partition coefficient (Wildman–Crippen LogP) is 2.06. The maximum absolute atomic E-state index is 12.3. The van der Waals surface area contributed by atoms with E-state index in [-0.39, 0.29) is 17.9 Å². The normalized spacial score (nSPS) is 23.6. The molecule has 0 radical (unpaired) electrons. The van der Waals surface area contributed by atoms with Gasteiger partial charge in [0, 0.05) is 32.3 Å². The summed E-state index contributed by atoms with van der Waals surface area (Å²) in [6.45, 7) is 5.64. The van der Waals surface area contributed by atoms with Gasteiger partial charge in [-0.25, -0.2) is 13.1 Å². The van der Waals surface area contributed by atoms with Gasteiger partial charge in [-0.15, -0.1) is 0 Å². The maximum atomic E-state index is 12.3. The topological polar surface area (TPSA) is 58.6 Å². The molecule has 0 amide bonds. The lowest BCUT2D eigenvalue weighted by Gasteiger charge is -2.32. The van der Waals surface area contributed by atoms with Crippen molar-refractivity contribution in [3.63, 3.8) is 0 Å². The third-order valence-corrected chi connectivity index (χ3v) is 6.52. The van der Waals surface area contributed by atoms with Gasteiger partial charge in [0.15, 0.2) is 0 Å². The number of hydrogen-bond acceptors (Lipinski definition) is 4. The van der Waals surface area contributed by atoms with Gasteiger partial charge in [-0.1, -0.05) is 24.3 Å². The second kappa shape index (κ2) is 7.95. The third-order valence-electron chi connectivity index (χ3n) is 5.02. The first-order valence-electron chi connectivity index (χ1n) is 8.90. The minimum atomic E-state index is -3.24. The molecule has 1 N–H and O–H groups in total. The summed E-state index contributed by atoms with van der Waals surface area (Å²) in [4.78, 5) is 2.41. The summed E-state index contributed by atoms with van der Waals surface area (Å²) >= 11 is 0. The minimum absolute atomic E-state index is 0.0597. The van der Waals surface area contributed by atoms with Crippen molar-refractivity contribution >= 4 is 10.0 Å². The average molecular weight is 353 g/mol. The number of piperidine rings is 1. The van der Waals surface area contributed by atoms with Crippen LogP contribution < -0.4 is 4.72 Å². The largest absolute Gasteiger partial charge is 0.377 e. The van der Waals surface area contributed by atoms with Crippen molar-refractivity contribution in [2.75, 3.05) is 25.4 Å². The lowest BCUT2D eigenvalue weighted by atomic mass is 10.0. The molecule has 1 aromatic carbocycles. The molecule has 1 atom stereocenters. The zero-order valence-electron chi connectivity index (χ0n) is 14.4. The van der Waals surface area contributed by atoms with E-state index in [1.807, 2.05) is 0 Å². The molecular formula is C18H28N2O3S. The summed E-state index contributed by atoms with van der Waals surface area (Å²) < 4.78 is 32.9. The first kappa shape index (κ1) is 17.9. The Kier molecular flexibility index (Phi) is 5.92. The molecule has 1 unspecified atom stereocenters. The fourth-order valence-corrected chi connectivity index (χ4v) is 5.15. The van der Waals surface area contributed by atoms with Crippen molar-refractivity contribution in [2.45, 2.75) is 51.3 Å². The standard InChI is InChI=1S/C18H28N2O3S/c1-15-5-2-3-6-16(15)13-20-10-8-17(9-11-20)19-24(21,22)14-18-7-4-12-23-18/h2-3,5-6,17-19H,4,7-14H2,1H3. The van der Waals surface area contributed by atoms with Crippen LogP contribution in [0.1, 0.15) is 36.8 Å². The van der Waals surface area contributed by atoms with Crippen molar-refractivity contribution < 1.29 is 13.2 Å². The predicted molar refractivity (Wildman–Crippen MR) is 95.4 cm³/mol. The highest BCUT2D eigenvalue weighted by Crippen LogP contribution is 2.18. The molecule has 24 heavy (non-hydrogen) atoms. The highest BCUT2D eigenvalue weighted by atomic mass is 32.2. The number of sulfonamides is 1. The van der Waals surface area contributed by atoms with Crippen LogP contribution in [0.2, 0.25) is 0 Å². The Bertz CT molecular complexity index is 633. The molecule has 1 aromatic rings. The molecule has 134 valence electrons. The first-order valence-corrected chi connectivity index (χ1v) is 10.6. The van der Waals surface area contributed by atoms with Gasteiger partial charge in [-0.05, 0) is 43.7 Å². The molecule has 5 nitrogen and oxygen atoms in total. The Balaban J connectivity index is 1.45. The van der Waals surface area contributed by atoms with Crippen molar-refractivity contribution in [2.24, 2.45) is 0 Å². The van der Waals surface area contributed by atoms with Crippen molar-refractivity contribution in [3.05, 3.63) is 35.4 Å². The lowest BCUT2D eigenvalue weighted by molar-refractivity contribution is 0.127. The number of nitrogens with zero attached hydrogens (tertiary/aromatic N) is 1. The van der Waals surface area contributed by atoms with E-state index < -0.39 is 10.0 Å². The molecule has 2 aliphatic rings. The molecule has 0 spiro atoms. The number of nitrogens with one attached hydrogen (secondary N) is 1. The number of aryl methyl sites for hydroxylation is 1. The molecule has 6 heteroatoms. The summed E-state index contributed by atoms with van der Waals surface area (Å²) in [5, 5.41) is 0. The van der Waals surface area contributed by atoms with Crippen LogP contribution in [0.15, 0.2) is 24.3 Å². The zero-order chi connectivity index (χ0) is 17.0.